The fraction of sp³-hybridized carbons (Fsp3) is 0.723. The lowest BCUT2D eigenvalue weighted by Gasteiger charge is -2.40. The predicted octanol–water partition coefficient (Wildman–Crippen LogP) is 8.72. The molecule has 4 N–H and O–H groups in total. The second-order valence-corrected chi connectivity index (χ2v) is 19.2. The quantitative estimate of drug-likeness (QED) is 0.0681. The van der Waals surface area contributed by atoms with Gasteiger partial charge in [-0.25, -0.2) is 4.98 Å². The normalized spacial score (nSPS) is 17.4. The van der Waals surface area contributed by atoms with Crippen LogP contribution in [0.1, 0.15) is 161 Å². The van der Waals surface area contributed by atoms with Crippen LogP contribution in [0.25, 0.3) is 0 Å². The van der Waals surface area contributed by atoms with Crippen molar-refractivity contribution in [1.29, 1.82) is 0 Å². The molecule has 2 heterocycles. The average molecular weight is 855 g/mol. The van der Waals surface area contributed by atoms with Crippen LogP contribution in [0.5, 0.6) is 0 Å². The van der Waals surface area contributed by atoms with Crippen molar-refractivity contribution in [2.75, 3.05) is 32.1 Å². The lowest BCUT2D eigenvalue weighted by atomic mass is 9.84. The Kier molecular flexibility index (Phi) is 21.0. The number of likely N-dealkylation sites (N-methyl/N-ethyl adjacent to an activating group) is 1. The number of carboxylic acids is 1. The van der Waals surface area contributed by atoms with Crippen molar-refractivity contribution in [3.8, 4) is 0 Å². The summed E-state index contributed by atoms with van der Waals surface area (Å²) in [5.74, 6) is -1.43. The van der Waals surface area contributed by atoms with E-state index in [0.717, 1.165) is 69.2 Å². The molecule has 0 aliphatic carbocycles. The summed E-state index contributed by atoms with van der Waals surface area (Å²) in [5, 5.41) is 22.1. The van der Waals surface area contributed by atoms with Gasteiger partial charge in [0.2, 0.25) is 11.8 Å². The Morgan fingerprint density at radius 2 is 1.70 bits per heavy atom. The Bertz CT molecular complexity index is 1630. The first-order valence-corrected chi connectivity index (χ1v) is 23.6. The van der Waals surface area contributed by atoms with Gasteiger partial charge in [-0.1, -0.05) is 78.9 Å². The molecule has 3 amide bonds. The number of amides is 3. The standard InChI is InChI=1S/C47H78N6O6S/c1-12-15-16-18-26-53(45(56)41(33(8)13-2)51-43(55)38-20-17-19-25-52(38)11)39(31(4)5)28-40(59-14-3)44-50-37(30-60-44)42(54)49-36(29-47(9,10)46(57)58)27-34-21-23-35(24-22-34)48-32(6)7/h21-24,30-33,36,38-41,48H,12-20,25-29H2,1-11H3,(H,49,54)(H,51,55)(H,57,58)/t33-,36-,38+,39+,40+,41-/m0/s1. The van der Waals surface area contributed by atoms with E-state index in [4.69, 9.17) is 9.72 Å². The molecule has 3 rings (SSSR count). The molecule has 338 valence electrons. The number of unbranched alkanes of at least 4 members (excludes halogenated alkanes) is 3. The second-order valence-electron chi connectivity index (χ2n) is 18.3. The molecule has 1 fully saturated rings. The van der Waals surface area contributed by atoms with Crippen LogP contribution in [0.3, 0.4) is 0 Å². The zero-order valence-corrected chi connectivity index (χ0v) is 39.5. The summed E-state index contributed by atoms with van der Waals surface area (Å²) in [6.07, 6.45) is 8.29. The van der Waals surface area contributed by atoms with Crippen LogP contribution in [0.15, 0.2) is 29.6 Å². The van der Waals surface area contributed by atoms with E-state index in [1.807, 2.05) is 50.1 Å². The Labute approximate surface area is 365 Å². The number of hydrogen-bond acceptors (Lipinski definition) is 9. The van der Waals surface area contributed by atoms with Crippen molar-refractivity contribution in [2.45, 2.75) is 176 Å². The second kappa shape index (κ2) is 24.8. The predicted molar refractivity (Wildman–Crippen MR) is 243 cm³/mol. The Morgan fingerprint density at radius 1 is 1.00 bits per heavy atom. The minimum absolute atomic E-state index is 0.0537. The van der Waals surface area contributed by atoms with Crippen molar-refractivity contribution < 1.29 is 29.0 Å². The average Bonchev–Trinajstić information content (AvgIpc) is 3.69. The van der Waals surface area contributed by atoms with Crippen molar-refractivity contribution in [2.24, 2.45) is 17.3 Å². The summed E-state index contributed by atoms with van der Waals surface area (Å²) in [4.78, 5) is 63.7. The van der Waals surface area contributed by atoms with Gasteiger partial charge in [0.15, 0.2) is 0 Å². The minimum atomic E-state index is -1.07. The molecule has 1 saturated heterocycles. The van der Waals surface area contributed by atoms with Gasteiger partial charge in [0, 0.05) is 48.8 Å². The van der Waals surface area contributed by atoms with Crippen LogP contribution in [-0.2, 0) is 25.5 Å². The first kappa shape index (κ1) is 50.8. The van der Waals surface area contributed by atoms with Crippen LogP contribution in [0, 0.1) is 17.3 Å². The maximum absolute atomic E-state index is 14.9. The van der Waals surface area contributed by atoms with Crippen LogP contribution >= 0.6 is 11.3 Å². The molecule has 1 aromatic carbocycles. The number of hydrogen-bond donors (Lipinski definition) is 4. The van der Waals surface area contributed by atoms with Gasteiger partial charge in [-0.15, -0.1) is 11.3 Å². The zero-order chi connectivity index (χ0) is 44.6. The lowest BCUT2D eigenvalue weighted by Crippen LogP contribution is -2.59. The number of benzene rings is 1. The Morgan fingerprint density at radius 3 is 2.28 bits per heavy atom. The molecule has 12 nitrogen and oxygen atoms in total. The molecule has 1 aromatic heterocycles. The molecular weight excluding hydrogens is 777 g/mol. The molecule has 1 aliphatic rings. The van der Waals surface area contributed by atoms with E-state index in [0.29, 0.717) is 31.0 Å². The van der Waals surface area contributed by atoms with E-state index in [1.165, 1.54) is 11.3 Å². The number of piperidine rings is 1. The number of thiazole rings is 1. The third-order valence-electron chi connectivity index (χ3n) is 12.0. The number of nitrogens with one attached hydrogen (secondary N) is 3. The lowest BCUT2D eigenvalue weighted by molar-refractivity contribution is -0.147. The summed E-state index contributed by atoms with van der Waals surface area (Å²) in [5.41, 5.74) is 1.15. The number of carbonyl (C=O) groups is 4. The molecule has 1 aliphatic heterocycles. The summed E-state index contributed by atoms with van der Waals surface area (Å²) in [7, 11) is 1.99. The van der Waals surface area contributed by atoms with E-state index in [1.54, 1.807) is 19.2 Å². The van der Waals surface area contributed by atoms with Crippen molar-refractivity contribution >= 4 is 40.7 Å². The number of ether oxygens (including phenoxy) is 1. The third-order valence-corrected chi connectivity index (χ3v) is 12.9. The largest absolute Gasteiger partial charge is 0.481 e. The van der Waals surface area contributed by atoms with E-state index < -0.39 is 29.6 Å². The van der Waals surface area contributed by atoms with Crippen LogP contribution in [0.2, 0.25) is 0 Å². The van der Waals surface area contributed by atoms with E-state index in [-0.39, 0.29) is 59.8 Å². The molecular formula is C47H78N6O6S. The van der Waals surface area contributed by atoms with Gasteiger partial charge >= 0.3 is 5.97 Å². The number of aliphatic carboxylic acids is 1. The molecule has 0 radical (unpaired) electrons. The summed E-state index contributed by atoms with van der Waals surface area (Å²) < 4.78 is 6.38. The SMILES string of the molecule is CCCCCCN(C(=O)[C@@H](NC(=O)[C@H]1CCCCN1C)[C@@H](C)CC)[C@H](C[C@@H](OCC)c1nc(C(=O)N[C@@H](Cc2ccc(NC(C)C)cc2)CC(C)(C)C(=O)O)cs1)C(C)C. The van der Waals surface area contributed by atoms with Gasteiger partial charge in [-0.05, 0) is 110 Å². The molecule has 0 saturated carbocycles. The summed E-state index contributed by atoms with van der Waals surface area (Å²) in [6, 6.07) is 6.71. The van der Waals surface area contributed by atoms with Crippen molar-refractivity contribution in [3.05, 3.63) is 45.9 Å². The molecule has 0 unspecified atom stereocenters. The van der Waals surface area contributed by atoms with Gasteiger partial charge in [0.05, 0.1) is 11.5 Å². The number of likely N-dealkylation sites (tertiary alicyclic amines) is 1. The van der Waals surface area contributed by atoms with Crippen LogP contribution in [-0.4, -0.2) is 101 Å². The van der Waals surface area contributed by atoms with Crippen LogP contribution < -0.4 is 16.0 Å². The first-order chi connectivity index (χ1) is 28.4. The Hall–Kier alpha value is -3.55. The van der Waals surface area contributed by atoms with Crippen molar-refractivity contribution in [3.63, 3.8) is 0 Å². The maximum atomic E-state index is 14.9. The van der Waals surface area contributed by atoms with Gasteiger partial charge in [-0.2, -0.15) is 0 Å². The molecule has 6 atom stereocenters. The third kappa shape index (κ3) is 15.4. The molecule has 0 spiro atoms. The topological polar surface area (TPSA) is 153 Å². The highest BCUT2D eigenvalue weighted by atomic mass is 32.1. The fourth-order valence-electron chi connectivity index (χ4n) is 8.12. The number of rotatable bonds is 26. The van der Waals surface area contributed by atoms with Gasteiger partial charge in [0.1, 0.15) is 22.8 Å². The van der Waals surface area contributed by atoms with E-state index >= 15 is 0 Å². The molecule has 2 aromatic rings. The molecule has 0 bridgehead atoms. The van der Waals surface area contributed by atoms with Crippen molar-refractivity contribution in [1.82, 2.24) is 25.4 Å². The maximum Gasteiger partial charge on any atom is 0.309 e. The smallest absolute Gasteiger partial charge is 0.309 e. The minimum Gasteiger partial charge on any atom is -0.481 e. The number of carboxylic acid groups (broad SMARTS) is 1. The summed E-state index contributed by atoms with van der Waals surface area (Å²) in [6.45, 7) is 21.8. The first-order valence-electron chi connectivity index (χ1n) is 22.7. The van der Waals surface area contributed by atoms with Gasteiger partial charge in [-0.3, -0.25) is 24.1 Å². The number of nitrogens with zero attached hydrogens (tertiary/aromatic N) is 3. The number of anilines is 1. The highest BCUT2D eigenvalue weighted by Gasteiger charge is 2.38. The number of carbonyl (C=O) groups excluding carboxylic acids is 3. The number of aromatic nitrogens is 1. The fourth-order valence-corrected chi connectivity index (χ4v) is 8.98. The van der Waals surface area contributed by atoms with Crippen LogP contribution in [0.4, 0.5) is 5.69 Å². The summed E-state index contributed by atoms with van der Waals surface area (Å²) >= 11 is 1.36. The highest BCUT2D eigenvalue weighted by Crippen LogP contribution is 2.32. The Balaban J connectivity index is 1.90. The van der Waals surface area contributed by atoms with Gasteiger partial charge < -0.3 is 30.7 Å². The van der Waals surface area contributed by atoms with E-state index in [9.17, 15) is 24.3 Å². The monoisotopic (exact) mass is 855 g/mol. The van der Waals surface area contributed by atoms with Gasteiger partial charge in [0.25, 0.3) is 5.91 Å². The van der Waals surface area contributed by atoms with E-state index in [2.05, 4.69) is 62.4 Å². The molecule has 13 heteroatoms. The molecule has 60 heavy (non-hydrogen) atoms. The highest BCUT2D eigenvalue weighted by molar-refractivity contribution is 7.09. The zero-order valence-electron chi connectivity index (χ0n) is 38.6.